The Bertz CT molecular complexity index is 795. The highest BCUT2D eigenvalue weighted by molar-refractivity contribution is 8.18. The maximum atomic E-state index is 14.2. The van der Waals surface area contributed by atoms with Crippen LogP contribution in [0.25, 0.3) is 0 Å². The number of carbonyl (C=O) groups is 2. The Morgan fingerprint density at radius 3 is 2.92 bits per heavy atom. The van der Waals surface area contributed by atoms with Gasteiger partial charge in [0.15, 0.2) is 16.7 Å². The number of hydrogen-bond donors (Lipinski definition) is 1. The quantitative estimate of drug-likeness (QED) is 0.364. The summed E-state index contributed by atoms with van der Waals surface area (Å²) in [4.78, 5) is 22.9. The number of nitrogens with one attached hydrogen (secondary N) is 1. The van der Waals surface area contributed by atoms with Gasteiger partial charge in [-0.25, -0.2) is 9.18 Å². The largest absolute Gasteiger partial charge is 0.489 e. The van der Waals surface area contributed by atoms with Gasteiger partial charge < -0.3 is 9.47 Å². The molecule has 1 aromatic rings. The molecule has 0 atom stereocenters. The second-order valence-corrected chi connectivity index (χ2v) is 5.89. The van der Waals surface area contributed by atoms with Crippen LogP contribution in [-0.4, -0.2) is 37.0 Å². The Morgan fingerprint density at radius 1 is 1.48 bits per heavy atom. The van der Waals surface area contributed by atoms with E-state index in [0.29, 0.717) is 0 Å². The lowest BCUT2D eigenvalue weighted by molar-refractivity contribution is -0.135. The lowest BCUT2D eigenvalue weighted by Crippen LogP contribution is -2.19. The molecular formula is C15H13ClFN3O4S. The van der Waals surface area contributed by atoms with Crippen molar-refractivity contribution in [2.75, 3.05) is 13.7 Å². The Hall–Kier alpha value is -2.39. The third kappa shape index (κ3) is 4.80. The summed E-state index contributed by atoms with van der Waals surface area (Å²) in [5, 5.41) is 10.2. The van der Waals surface area contributed by atoms with E-state index in [9.17, 15) is 14.0 Å². The number of methoxy groups -OCH3 is 1. The second-order valence-electron chi connectivity index (χ2n) is 4.45. The molecule has 10 heteroatoms. The SMILES string of the molecule is CCOc1c(Cl)ccc(C=N/N=C2/NC(=O)/C(=C\C(=O)OC)S2)c1F. The summed E-state index contributed by atoms with van der Waals surface area (Å²) >= 11 is 6.78. The zero-order valence-corrected chi connectivity index (χ0v) is 14.8. The van der Waals surface area contributed by atoms with Gasteiger partial charge in [0.05, 0.1) is 29.9 Å². The zero-order chi connectivity index (χ0) is 18.4. The van der Waals surface area contributed by atoms with E-state index in [2.05, 4.69) is 20.3 Å². The predicted octanol–water partition coefficient (Wildman–Crippen LogP) is 2.49. The Labute approximate surface area is 151 Å². The minimum absolute atomic E-state index is 0.0624. The van der Waals surface area contributed by atoms with Crippen molar-refractivity contribution in [3.05, 3.63) is 39.5 Å². The van der Waals surface area contributed by atoms with E-state index in [1.54, 1.807) is 6.92 Å². The van der Waals surface area contributed by atoms with E-state index in [4.69, 9.17) is 16.3 Å². The molecule has 1 aliphatic rings. The molecule has 1 N–H and O–H groups in total. The van der Waals surface area contributed by atoms with Crippen LogP contribution in [0.5, 0.6) is 5.75 Å². The topological polar surface area (TPSA) is 89.4 Å². The predicted molar refractivity (Wildman–Crippen MR) is 93.4 cm³/mol. The number of halogens is 2. The monoisotopic (exact) mass is 385 g/mol. The zero-order valence-electron chi connectivity index (χ0n) is 13.2. The molecule has 0 unspecified atom stereocenters. The van der Waals surface area contributed by atoms with E-state index in [1.165, 1.54) is 19.2 Å². The number of amidine groups is 1. The molecule has 7 nitrogen and oxygen atoms in total. The molecular weight excluding hydrogens is 373 g/mol. The second kappa shape index (κ2) is 8.63. The number of ether oxygens (including phenoxy) is 2. The van der Waals surface area contributed by atoms with Gasteiger partial charge in [-0.15, -0.1) is 5.10 Å². The minimum Gasteiger partial charge on any atom is -0.489 e. The number of hydrogen-bond acceptors (Lipinski definition) is 7. The van der Waals surface area contributed by atoms with Crippen molar-refractivity contribution in [3.63, 3.8) is 0 Å². The Kier molecular flexibility index (Phi) is 6.54. The van der Waals surface area contributed by atoms with E-state index in [0.717, 1.165) is 24.1 Å². The van der Waals surface area contributed by atoms with Gasteiger partial charge in [0.2, 0.25) is 0 Å². The lowest BCUT2D eigenvalue weighted by Gasteiger charge is -2.08. The average molecular weight is 386 g/mol. The molecule has 1 heterocycles. The van der Waals surface area contributed by atoms with Crippen molar-refractivity contribution in [2.45, 2.75) is 6.92 Å². The first-order chi connectivity index (χ1) is 12.0. The van der Waals surface area contributed by atoms with Crippen molar-refractivity contribution in [1.29, 1.82) is 0 Å². The van der Waals surface area contributed by atoms with Gasteiger partial charge in [0.25, 0.3) is 5.91 Å². The molecule has 132 valence electrons. The van der Waals surface area contributed by atoms with Gasteiger partial charge in [-0.1, -0.05) is 11.6 Å². The van der Waals surface area contributed by atoms with Crippen molar-refractivity contribution < 1.29 is 23.5 Å². The molecule has 0 bridgehead atoms. The van der Waals surface area contributed by atoms with Gasteiger partial charge in [-0.3, -0.25) is 10.1 Å². The summed E-state index contributed by atoms with van der Waals surface area (Å²) in [7, 11) is 1.20. The summed E-state index contributed by atoms with van der Waals surface area (Å²) in [5.74, 6) is -1.88. The molecule has 1 fully saturated rings. The van der Waals surface area contributed by atoms with Crippen molar-refractivity contribution in [1.82, 2.24) is 5.32 Å². The molecule has 1 amide bonds. The Morgan fingerprint density at radius 2 is 2.24 bits per heavy atom. The molecule has 25 heavy (non-hydrogen) atoms. The highest BCUT2D eigenvalue weighted by Crippen LogP contribution is 2.29. The van der Waals surface area contributed by atoms with E-state index in [-0.39, 0.29) is 33.0 Å². The summed E-state index contributed by atoms with van der Waals surface area (Å²) in [6, 6.07) is 2.90. The molecule has 0 aromatic heterocycles. The number of amides is 1. The van der Waals surface area contributed by atoms with E-state index >= 15 is 0 Å². The van der Waals surface area contributed by atoms with Crippen LogP contribution < -0.4 is 10.1 Å². The molecule has 0 saturated carbocycles. The van der Waals surface area contributed by atoms with Crippen LogP contribution in [0.3, 0.4) is 0 Å². The van der Waals surface area contributed by atoms with Crippen LogP contribution in [0.4, 0.5) is 4.39 Å². The van der Waals surface area contributed by atoms with Gasteiger partial charge in [0, 0.05) is 11.6 Å². The van der Waals surface area contributed by atoms with Crippen LogP contribution in [0.1, 0.15) is 12.5 Å². The third-order valence-electron chi connectivity index (χ3n) is 2.81. The van der Waals surface area contributed by atoms with Gasteiger partial charge in [-0.05, 0) is 30.8 Å². The van der Waals surface area contributed by atoms with Crippen LogP contribution in [0.2, 0.25) is 5.02 Å². The summed E-state index contributed by atoms with van der Waals surface area (Å²) in [6.45, 7) is 1.97. The van der Waals surface area contributed by atoms with E-state index in [1.807, 2.05) is 0 Å². The highest BCUT2D eigenvalue weighted by Gasteiger charge is 2.25. The van der Waals surface area contributed by atoms with Crippen LogP contribution in [0, 0.1) is 5.82 Å². The lowest BCUT2D eigenvalue weighted by atomic mass is 10.2. The molecule has 1 saturated heterocycles. The van der Waals surface area contributed by atoms with Crippen LogP contribution in [0.15, 0.2) is 33.3 Å². The number of nitrogens with zero attached hydrogens (tertiary/aromatic N) is 2. The van der Waals surface area contributed by atoms with Gasteiger partial charge >= 0.3 is 5.97 Å². The molecule has 0 radical (unpaired) electrons. The van der Waals surface area contributed by atoms with Crippen LogP contribution in [-0.2, 0) is 14.3 Å². The van der Waals surface area contributed by atoms with Crippen molar-refractivity contribution >= 4 is 46.6 Å². The van der Waals surface area contributed by atoms with Gasteiger partial charge in [-0.2, -0.15) is 5.10 Å². The maximum Gasteiger partial charge on any atom is 0.331 e. The van der Waals surface area contributed by atoms with Crippen molar-refractivity contribution in [2.24, 2.45) is 10.2 Å². The standard InChI is InChI=1S/C15H13ClFN3O4S/c1-3-24-13-9(16)5-4-8(12(13)17)7-18-20-15-19-14(22)10(25-15)6-11(21)23-2/h4-7H,3H2,1-2H3,(H,19,20,22)/b10-6+,18-7?. The third-order valence-corrected chi connectivity index (χ3v) is 4.01. The molecule has 0 spiro atoms. The first-order valence-corrected chi connectivity index (χ1v) is 8.16. The summed E-state index contributed by atoms with van der Waals surface area (Å²) in [5.41, 5.74) is 0.122. The number of carbonyl (C=O) groups excluding carboxylic acids is 2. The minimum atomic E-state index is -0.660. The van der Waals surface area contributed by atoms with Crippen molar-refractivity contribution in [3.8, 4) is 5.75 Å². The van der Waals surface area contributed by atoms with Gasteiger partial charge in [0.1, 0.15) is 0 Å². The number of esters is 1. The summed E-state index contributed by atoms with van der Waals surface area (Å²) < 4.78 is 23.8. The maximum absolute atomic E-state index is 14.2. The number of rotatable bonds is 5. The normalized spacial score (nSPS) is 17.4. The first-order valence-electron chi connectivity index (χ1n) is 6.97. The first kappa shape index (κ1) is 18.9. The fourth-order valence-corrected chi connectivity index (χ4v) is 2.65. The fourth-order valence-electron chi connectivity index (χ4n) is 1.71. The van der Waals surface area contributed by atoms with E-state index < -0.39 is 17.7 Å². The molecule has 2 rings (SSSR count). The average Bonchev–Trinajstić information content (AvgIpc) is 2.93. The fraction of sp³-hybridized carbons (Fsp3) is 0.200. The smallest absolute Gasteiger partial charge is 0.331 e. The molecule has 1 aromatic carbocycles. The number of thioether (sulfide) groups is 1. The Balaban J connectivity index is 2.15. The number of benzene rings is 1. The molecule has 0 aliphatic carbocycles. The highest BCUT2D eigenvalue weighted by atomic mass is 35.5. The molecule has 1 aliphatic heterocycles. The van der Waals surface area contributed by atoms with Crippen LogP contribution >= 0.6 is 23.4 Å². The summed E-state index contributed by atoms with van der Waals surface area (Å²) in [6.07, 6.45) is 2.20.